The second-order valence-electron chi connectivity index (χ2n) is 5.01. The maximum atomic E-state index is 10.9. The van der Waals surface area contributed by atoms with Gasteiger partial charge >= 0.3 is 0 Å². The van der Waals surface area contributed by atoms with E-state index in [1.54, 1.807) is 0 Å². The van der Waals surface area contributed by atoms with E-state index in [2.05, 4.69) is 20.8 Å². The lowest BCUT2D eigenvalue weighted by Gasteiger charge is -2.26. The first-order valence-corrected chi connectivity index (χ1v) is 6.18. The van der Waals surface area contributed by atoms with Crippen molar-refractivity contribution in [1.29, 1.82) is 0 Å². The Bertz CT molecular complexity index is 274. The first-order chi connectivity index (χ1) is 5.71. The number of hydrogen-bond acceptors (Lipinski definition) is 2. The molecule has 1 aliphatic carbocycles. The zero-order chi connectivity index (χ0) is 10.3. The van der Waals surface area contributed by atoms with Crippen molar-refractivity contribution in [3.05, 3.63) is 0 Å². The molecular weight excluding hydrogens is 188 g/mol. The van der Waals surface area contributed by atoms with Crippen LogP contribution < -0.4 is 0 Å². The second-order valence-corrected chi connectivity index (χ2v) is 6.71. The van der Waals surface area contributed by atoms with Crippen LogP contribution in [0.1, 0.15) is 40.0 Å². The van der Waals surface area contributed by atoms with Gasteiger partial charge in [0, 0.05) is 0 Å². The van der Waals surface area contributed by atoms with E-state index in [-0.39, 0.29) is 5.41 Å². The van der Waals surface area contributed by atoms with Gasteiger partial charge in [0.2, 0.25) is 0 Å². The van der Waals surface area contributed by atoms with Gasteiger partial charge in [0.1, 0.15) is 0 Å². The van der Waals surface area contributed by atoms with E-state index in [1.165, 1.54) is 0 Å². The van der Waals surface area contributed by atoms with Crippen LogP contribution in [0.4, 0.5) is 0 Å². The summed E-state index contributed by atoms with van der Waals surface area (Å²) in [5.74, 6) is 0.416. The highest BCUT2D eigenvalue weighted by Crippen LogP contribution is 2.41. The molecule has 0 heterocycles. The average molecular weight is 206 g/mol. The van der Waals surface area contributed by atoms with E-state index >= 15 is 0 Å². The fourth-order valence-corrected chi connectivity index (χ4v) is 2.91. The zero-order valence-electron chi connectivity index (χ0n) is 8.45. The minimum atomic E-state index is -3.80. The van der Waals surface area contributed by atoms with Crippen LogP contribution >= 0.6 is 0 Å². The van der Waals surface area contributed by atoms with Crippen LogP contribution in [0, 0.1) is 11.3 Å². The standard InChI is InChI=1S/C9H18O3S/c1-9(2,3)7-4-5-8(6-7)13(10,11)12/h7-8H,4-6H2,1-3H3,(H,10,11,12)/t7?,8-/m0/s1. The molecule has 1 aliphatic rings. The average Bonchev–Trinajstić information content (AvgIpc) is 2.28. The Morgan fingerprint density at radius 3 is 2.00 bits per heavy atom. The Kier molecular flexibility index (Phi) is 2.74. The molecule has 0 aromatic heterocycles. The Labute approximate surface area is 80.3 Å². The molecule has 13 heavy (non-hydrogen) atoms. The minimum Gasteiger partial charge on any atom is -0.285 e. The molecule has 0 amide bonds. The normalized spacial score (nSPS) is 30.8. The molecular formula is C9H18O3S. The molecule has 1 saturated carbocycles. The van der Waals surface area contributed by atoms with E-state index in [9.17, 15) is 8.42 Å². The maximum Gasteiger partial charge on any atom is 0.267 e. The van der Waals surface area contributed by atoms with Crippen LogP contribution in [0.5, 0.6) is 0 Å². The maximum absolute atomic E-state index is 10.9. The Morgan fingerprint density at radius 2 is 1.77 bits per heavy atom. The quantitative estimate of drug-likeness (QED) is 0.668. The van der Waals surface area contributed by atoms with Crippen LogP contribution in [0.25, 0.3) is 0 Å². The third-order valence-electron chi connectivity index (χ3n) is 3.03. The van der Waals surface area contributed by atoms with Gasteiger partial charge in [-0.3, -0.25) is 4.55 Å². The third-order valence-corrected chi connectivity index (χ3v) is 4.30. The van der Waals surface area contributed by atoms with Crippen molar-refractivity contribution in [2.24, 2.45) is 11.3 Å². The number of rotatable bonds is 1. The number of hydrogen-bond donors (Lipinski definition) is 1. The fraction of sp³-hybridized carbons (Fsp3) is 1.00. The molecule has 0 bridgehead atoms. The molecule has 2 atom stereocenters. The fourth-order valence-electron chi connectivity index (χ4n) is 2.00. The van der Waals surface area contributed by atoms with Gasteiger partial charge in [-0.15, -0.1) is 0 Å². The second kappa shape index (κ2) is 3.24. The highest BCUT2D eigenvalue weighted by Gasteiger charge is 2.38. The predicted molar refractivity (Wildman–Crippen MR) is 52.1 cm³/mol. The molecule has 4 heteroatoms. The molecule has 1 rings (SSSR count). The molecule has 0 aromatic carbocycles. The largest absolute Gasteiger partial charge is 0.285 e. The molecule has 0 spiro atoms. The summed E-state index contributed by atoms with van der Waals surface area (Å²) in [6.07, 6.45) is 2.14. The van der Waals surface area contributed by atoms with E-state index < -0.39 is 15.4 Å². The van der Waals surface area contributed by atoms with Crippen LogP contribution in [0.15, 0.2) is 0 Å². The lowest BCUT2D eigenvalue weighted by Crippen LogP contribution is -2.21. The van der Waals surface area contributed by atoms with E-state index in [1.807, 2.05) is 0 Å². The Morgan fingerprint density at radius 1 is 1.23 bits per heavy atom. The van der Waals surface area contributed by atoms with Gasteiger partial charge < -0.3 is 0 Å². The van der Waals surface area contributed by atoms with Gasteiger partial charge in [-0.25, -0.2) is 0 Å². The van der Waals surface area contributed by atoms with Crippen molar-refractivity contribution in [3.63, 3.8) is 0 Å². The summed E-state index contributed by atoms with van der Waals surface area (Å²) >= 11 is 0. The predicted octanol–water partition coefficient (Wildman–Crippen LogP) is 2.09. The molecule has 0 aromatic rings. The summed E-state index contributed by atoms with van der Waals surface area (Å²) in [4.78, 5) is 0. The van der Waals surface area contributed by atoms with E-state index in [0.717, 1.165) is 6.42 Å². The summed E-state index contributed by atoms with van der Waals surface area (Å²) in [5, 5.41) is -0.517. The van der Waals surface area contributed by atoms with Gasteiger partial charge in [-0.2, -0.15) is 8.42 Å². The monoisotopic (exact) mass is 206 g/mol. The highest BCUT2D eigenvalue weighted by atomic mass is 32.2. The van der Waals surface area contributed by atoms with Crippen LogP contribution in [0.2, 0.25) is 0 Å². The minimum absolute atomic E-state index is 0.152. The lowest BCUT2D eigenvalue weighted by atomic mass is 9.80. The molecule has 0 saturated heterocycles. The van der Waals surface area contributed by atoms with Crippen LogP contribution in [-0.4, -0.2) is 18.2 Å². The summed E-state index contributed by atoms with van der Waals surface area (Å²) in [7, 11) is -3.80. The molecule has 0 radical (unpaired) electrons. The van der Waals surface area contributed by atoms with Crippen molar-refractivity contribution in [2.45, 2.75) is 45.3 Å². The third kappa shape index (κ3) is 2.68. The smallest absolute Gasteiger partial charge is 0.267 e. The topological polar surface area (TPSA) is 54.4 Å². The molecule has 1 unspecified atom stereocenters. The van der Waals surface area contributed by atoms with Crippen molar-refractivity contribution in [1.82, 2.24) is 0 Å². The summed E-state index contributed by atoms with van der Waals surface area (Å²) in [6.45, 7) is 6.35. The molecule has 0 aliphatic heterocycles. The molecule has 78 valence electrons. The Hall–Kier alpha value is -0.0900. The van der Waals surface area contributed by atoms with Crippen molar-refractivity contribution in [2.75, 3.05) is 0 Å². The molecule has 3 nitrogen and oxygen atoms in total. The lowest BCUT2D eigenvalue weighted by molar-refractivity contribution is 0.246. The summed E-state index contributed by atoms with van der Waals surface area (Å²) < 4.78 is 30.6. The molecule has 1 N–H and O–H groups in total. The van der Waals surface area contributed by atoms with E-state index in [0.29, 0.717) is 18.8 Å². The van der Waals surface area contributed by atoms with Gasteiger partial charge in [-0.05, 0) is 30.6 Å². The summed E-state index contributed by atoms with van der Waals surface area (Å²) in [6, 6.07) is 0. The summed E-state index contributed by atoms with van der Waals surface area (Å²) in [5.41, 5.74) is 0.152. The van der Waals surface area contributed by atoms with Crippen LogP contribution in [-0.2, 0) is 10.1 Å². The van der Waals surface area contributed by atoms with E-state index in [4.69, 9.17) is 4.55 Å². The SMILES string of the molecule is CC(C)(C)C1CC[C@H](S(=O)(=O)O)C1. The van der Waals surface area contributed by atoms with Crippen molar-refractivity contribution in [3.8, 4) is 0 Å². The van der Waals surface area contributed by atoms with Gasteiger partial charge in [-0.1, -0.05) is 20.8 Å². The van der Waals surface area contributed by atoms with Crippen molar-refractivity contribution >= 4 is 10.1 Å². The first kappa shape index (κ1) is 11.0. The van der Waals surface area contributed by atoms with Gasteiger partial charge in [0.05, 0.1) is 5.25 Å². The highest BCUT2D eigenvalue weighted by molar-refractivity contribution is 7.86. The first-order valence-electron chi connectivity index (χ1n) is 4.67. The molecule has 1 fully saturated rings. The van der Waals surface area contributed by atoms with Gasteiger partial charge in [0.25, 0.3) is 10.1 Å². The van der Waals surface area contributed by atoms with Crippen LogP contribution in [0.3, 0.4) is 0 Å². The Balaban J connectivity index is 2.66. The zero-order valence-corrected chi connectivity index (χ0v) is 9.26. The van der Waals surface area contributed by atoms with Gasteiger partial charge in [0.15, 0.2) is 0 Å². The van der Waals surface area contributed by atoms with Crippen molar-refractivity contribution < 1.29 is 13.0 Å².